The maximum atomic E-state index is 13.2. The number of fused-ring (bicyclic) bond motifs is 4. The van der Waals surface area contributed by atoms with Crippen LogP contribution in [0.1, 0.15) is 108 Å². The van der Waals surface area contributed by atoms with Crippen LogP contribution in [0.15, 0.2) is 73.1 Å². The number of pyridine rings is 4. The van der Waals surface area contributed by atoms with E-state index in [0.717, 1.165) is 123 Å². The fourth-order valence-electron chi connectivity index (χ4n) is 11.5. The molecule has 0 aromatic carbocycles. The first-order chi connectivity index (χ1) is 31.0. The summed E-state index contributed by atoms with van der Waals surface area (Å²) < 4.78 is 4.23. The van der Waals surface area contributed by atoms with E-state index in [1.54, 1.807) is 0 Å². The topological polar surface area (TPSA) is 120 Å². The van der Waals surface area contributed by atoms with Crippen LogP contribution in [0.4, 0.5) is 11.6 Å². The van der Waals surface area contributed by atoms with E-state index in [-0.39, 0.29) is 24.2 Å². The van der Waals surface area contributed by atoms with E-state index in [2.05, 4.69) is 117 Å². The van der Waals surface area contributed by atoms with Crippen molar-refractivity contribution in [2.45, 2.75) is 101 Å². The number of nitrogens with zero attached hydrogens (tertiary/aromatic N) is 12. The molecule has 2 aliphatic carbocycles. The van der Waals surface area contributed by atoms with E-state index in [9.17, 15) is 10.2 Å². The van der Waals surface area contributed by atoms with E-state index in [1.165, 1.54) is 11.1 Å². The van der Waals surface area contributed by atoms with Crippen LogP contribution in [0.2, 0.25) is 0 Å². The van der Waals surface area contributed by atoms with Crippen LogP contribution in [0, 0.1) is 0 Å². The number of likely N-dealkylation sites (tertiary alicyclic amines) is 2. The SMILES string of the molecule is CN1CCC(N(C)c2cccc3nc(CN(C)[C@H]4CCCc5cccnc54)c(C(O)C(O)c4c(CN(C)[C@H]5CCCc6cccnc65)nc5cccc(N(C)C6CCN(C)C6)n45)n23)C1. The highest BCUT2D eigenvalue weighted by molar-refractivity contribution is 5.58. The number of aryl methyl sites for hydroxylation is 2. The molecule has 2 aliphatic heterocycles. The maximum Gasteiger partial charge on any atom is 0.138 e. The second-order valence-electron chi connectivity index (χ2n) is 19.3. The minimum Gasteiger partial charge on any atom is -0.384 e. The third-order valence-corrected chi connectivity index (χ3v) is 15.1. The zero-order chi connectivity index (χ0) is 44.2. The first-order valence-electron chi connectivity index (χ1n) is 23.5. The number of anilines is 2. The van der Waals surface area contributed by atoms with Crippen molar-refractivity contribution >= 4 is 22.9 Å². The second-order valence-corrected chi connectivity index (χ2v) is 19.3. The van der Waals surface area contributed by atoms with Crippen molar-refractivity contribution in [1.82, 2.24) is 48.3 Å². The molecule has 0 bridgehead atoms. The first kappa shape index (κ1) is 43.0. The van der Waals surface area contributed by atoms with Crippen LogP contribution < -0.4 is 9.80 Å². The summed E-state index contributed by atoms with van der Waals surface area (Å²) in [5.41, 5.74) is 9.00. The van der Waals surface area contributed by atoms with E-state index in [4.69, 9.17) is 19.9 Å². The average Bonchev–Trinajstić information content (AvgIpc) is 4.12. The molecule has 4 unspecified atom stereocenters. The molecule has 0 radical (unpaired) electrons. The average molecular weight is 867 g/mol. The number of aromatic nitrogens is 6. The minimum absolute atomic E-state index is 0.105. The summed E-state index contributed by atoms with van der Waals surface area (Å²) >= 11 is 0. The molecule has 2 saturated heterocycles. The first-order valence-corrected chi connectivity index (χ1v) is 23.5. The summed E-state index contributed by atoms with van der Waals surface area (Å²) in [6, 6.07) is 21.7. The standard InChI is InChI=1S/C50H66N12O2/c1-55-27-23-35(29-55)59(5)43-21-9-19-41-53-37(31-57(3)39-17-7-13-33-15-11-25-51-45(33)39)47(61(41)43)49(63)50(64)48-38(32-58(4)40-18-8-14-34-16-12-26-52-46(34)40)54-42-20-10-22-44(62(42)48)60(6)36-24-28-56(2)30-36/h9-12,15-16,19-22,25-26,35-36,39-40,49-50,63-64H,7-8,13-14,17-18,23-24,27-32H2,1-6H3/t35?,36?,39-,40-,49?,50?/m0/s1. The smallest absolute Gasteiger partial charge is 0.138 e. The molecule has 6 atom stereocenters. The molecule has 0 amide bonds. The number of rotatable bonds is 13. The summed E-state index contributed by atoms with van der Waals surface area (Å²) in [6.07, 6.45) is 9.36. The van der Waals surface area contributed by atoms with Crippen LogP contribution in [-0.2, 0) is 25.9 Å². The van der Waals surface area contributed by atoms with Gasteiger partial charge in [-0.3, -0.25) is 28.6 Å². The molecule has 2 fully saturated rings. The van der Waals surface area contributed by atoms with Crippen LogP contribution >= 0.6 is 0 Å². The Morgan fingerprint density at radius 2 is 1.03 bits per heavy atom. The van der Waals surface area contributed by atoms with Gasteiger partial charge in [-0.05, 0) is 140 Å². The number of likely N-dealkylation sites (N-methyl/N-ethyl adjacent to an activating group) is 4. The van der Waals surface area contributed by atoms with Gasteiger partial charge in [0.15, 0.2) is 0 Å². The molecule has 8 heterocycles. The van der Waals surface area contributed by atoms with Crippen molar-refractivity contribution in [3.05, 3.63) is 118 Å². The molecule has 4 aliphatic rings. The molecule has 10 rings (SSSR count). The van der Waals surface area contributed by atoms with E-state index in [0.29, 0.717) is 24.5 Å². The summed E-state index contributed by atoms with van der Waals surface area (Å²) in [5, 5.41) is 26.5. The van der Waals surface area contributed by atoms with Gasteiger partial charge in [-0.25, -0.2) is 9.97 Å². The molecule has 64 heavy (non-hydrogen) atoms. The van der Waals surface area contributed by atoms with Crippen LogP contribution in [-0.4, -0.2) is 139 Å². The summed E-state index contributed by atoms with van der Waals surface area (Å²) in [6.45, 7) is 4.88. The lowest BCUT2D eigenvalue weighted by Crippen LogP contribution is -2.35. The Morgan fingerprint density at radius 3 is 1.44 bits per heavy atom. The fourth-order valence-corrected chi connectivity index (χ4v) is 11.5. The van der Waals surface area contributed by atoms with Gasteiger partial charge in [-0.1, -0.05) is 24.3 Å². The van der Waals surface area contributed by atoms with Crippen molar-refractivity contribution in [2.24, 2.45) is 0 Å². The lowest BCUT2D eigenvalue weighted by atomic mass is 9.91. The summed E-state index contributed by atoms with van der Waals surface area (Å²) in [7, 11) is 12.9. The maximum absolute atomic E-state index is 13.2. The van der Waals surface area contributed by atoms with Gasteiger partial charge in [-0.2, -0.15) is 0 Å². The number of hydrogen-bond acceptors (Lipinski definition) is 12. The number of hydrogen-bond donors (Lipinski definition) is 2. The molecular weight excluding hydrogens is 801 g/mol. The predicted molar refractivity (Wildman–Crippen MR) is 252 cm³/mol. The fraction of sp³-hybridized carbons (Fsp3) is 0.520. The zero-order valence-corrected chi connectivity index (χ0v) is 38.6. The highest BCUT2D eigenvalue weighted by atomic mass is 16.3. The van der Waals surface area contributed by atoms with Gasteiger partial charge in [0.2, 0.25) is 0 Å². The van der Waals surface area contributed by atoms with Crippen molar-refractivity contribution in [3.63, 3.8) is 0 Å². The van der Waals surface area contributed by atoms with E-state index in [1.807, 2.05) is 36.7 Å². The quantitative estimate of drug-likeness (QED) is 0.145. The molecule has 338 valence electrons. The molecule has 6 aromatic rings. The Hall–Kier alpha value is -4.96. The van der Waals surface area contributed by atoms with Gasteiger partial charge in [0.1, 0.15) is 35.1 Å². The largest absolute Gasteiger partial charge is 0.384 e. The number of aliphatic hydroxyl groups excluding tert-OH is 2. The van der Waals surface area contributed by atoms with Crippen LogP contribution in [0.25, 0.3) is 11.3 Å². The van der Waals surface area contributed by atoms with Gasteiger partial charge in [0.05, 0.1) is 46.2 Å². The molecule has 0 saturated carbocycles. The third-order valence-electron chi connectivity index (χ3n) is 15.1. The normalized spacial score (nSPS) is 22.7. The highest BCUT2D eigenvalue weighted by Crippen LogP contribution is 2.41. The lowest BCUT2D eigenvalue weighted by molar-refractivity contribution is 0.00897. The highest BCUT2D eigenvalue weighted by Gasteiger charge is 2.37. The van der Waals surface area contributed by atoms with E-state index >= 15 is 0 Å². The number of aliphatic hydroxyl groups is 2. The Labute approximate surface area is 377 Å². The van der Waals surface area contributed by atoms with Gasteiger partial charge in [-0.15, -0.1) is 0 Å². The Balaban J connectivity index is 1.10. The Morgan fingerprint density at radius 1 is 0.594 bits per heavy atom. The van der Waals surface area contributed by atoms with E-state index < -0.39 is 12.2 Å². The van der Waals surface area contributed by atoms with Crippen molar-refractivity contribution in [3.8, 4) is 0 Å². The third kappa shape index (κ3) is 7.85. The zero-order valence-electron chi connectivity index (χ0n) is 38.6. The number of imidazole rings is 2. The molecule has 2 N–H and O–H groups in total. The summed E-state index contributed by atoms with van der Waals surface area (Å²) in [5.74, 6) is 1.88. The lowest BCUT2D eigenvalue weighted by Gasteiger charge is -2.33. The molecule has 14 heteroatoms. The van der Waals surface area contributed by atoms with Crippen molar-refractivity contribution in [1.29, 1.82) is 0 Å². The van der Waals surface area contributed by atoms with Gasteiger partial charge in [0.25, 0.3) is 0 Å². The molecule has 0 spiro atoms. The van der Waals surface area contributed by atoms with Gasteiger partial charge >= 0.3 is 0 Å². The van der Waals surface area contributed by atoms with Gasteiger partial charge < -0.3 is 29.8 Å². The Kier molecular flexibility index (Phi) is 11.9. The minimum atomic E-state index is -1.35. The van der Waals surface area contributed by atoms with Crippen LogP contribution in [0.5, 0.6) is 0 Å². The van der Waals surface area contributed by atoms with Gasteiger partial charge in [0, 0.05) is 64.8 Å². The predicted octanol–water partition coefficient (Wildman–Crippen LogP) is 5.84. The summed E-state index contributed by atoms with van der Waals surface area (Å²) in [4.78, 5) is 34.5. The molecule has 14 nitrogen and oxygen atoms in total. The molecular formula is C50H66N12O2. The monoisotopic (exact) mass is 867 g/mol. The van der Waals surface area contributed by atoms with Crippen LogP contribution in [0.3, 0.4) is 0 Å². The molecule has 6 aromatic heterocycles. The second kappa shape index (κ2) is 17.8. The Bertz CT molecular complexity index is 2430. The van der Waals surface area contributed by atoms with Crippen molar-refractivity contribution < 1.29 is 10.2 Å². The van der Waals surface area contributed by atoms with Crippen molar-refractivity contribution in [2.75, 3.05) is 78.3 Å².